The summed E-state index contributed by atoms with van der Waals surface area (Å²) in [5.41, 5.74) is 0. The van der Waals surface area contributed by atoms with E-state index in [9.17, 15) is 4.79 Å². The molecule has 2 heterocycles. The molecule has 5 unspecified atom stereocenters. The van der Waals surface area contributed by atoms with Crippen molar-refractivity contribution in [2.75, 3.05) is 32.7 Å². The van der Waals surface area contributed by atoms with Crippen LogP contribution in [0, 0.1) is 23.7 Å². The van der Waals surface area contributed by atoms with Gasteiger partial charge in [-0.3, -0.25) is 4.79 Å². The smallest absolute Gasteiger partial charge is 0.220 e. The summed E-state index contributed by atoms with van der Waals surface area (Å²) >= 11 is 0. The van der Waals surface area contributed by atoms with Crippen LogP contribution < -0.4 is 10.6 Å². The van der Waals surface area contributed by atoms with Gasteiger partial charge < -0.3 is 15.5 Å². The second-order valence-electron chi connectivity index (χ2n) is 8.42. The summed E-state index contributed by atoms with van der Waals surface area (Å²) in [6.45, 7) is 14.6. The molecule has 2 rings (SSSR count). The van der Waals surface area contributed by atoms with E-state index in [-0.39, 0.29) is 11.9 Å². The third-order valence-corrected chi connectivity index (χ3v) is 5.53. The van der Waals surface area contributed by atoms with Gasteiger partial charge in [0.15, 0.2) is 0 Å². The summed E-state index contributed by atoms with van der Waals surface area (Å²) in [7, 11) is 0. The van der Waals surface area contributed by atoms with E-state index >= 15 is 0 Å². The van der Waals surface area contributed by atoms with Gasteiger partial charge in [0.2, 0.25) is 5.91 Å². The summed E-state index contributed by atoms with van der Waals surface area (Å²) in [6, 6.07) is 0.247. The van der Waals surface area contributed by atoms with Gasteiger partial charge in [-0.05, 0) is 62.9 Å². The van der Waals surface area contributed by atoms with Gasteiger partial charge in [0.1, 0.15) is 0 Å². The number of nitrogens with one attached hydrogen (secondary N) is 2. The predicted octanol–water partition coefficient (Wildman–Crippen LogP) is 2.49. The van der Waals surface area contributed by atoms with Gasteiger partial charge in [-0.15, -0.1) is 0 Å². The molecule has 2 fully saturated rings. The molecule has 5 atom stereocenters. The van der Waals surface area contributed by atoms with E-state index in [1.807, 2.05) is 0 Å². The number of hydrogen-bond donors (Lipinski definition) is 2. The summed E-state index contributed by atoms with van der Waals surface area (Å²) in [4.78, 5) is 14.9. The van der Waals surface area contributed by atoms with Crippen molar-refractivity contribution < 1.29 is 4.79 Å². The van der Waals surface area contributed by atoms with Crippen molar-refractivity contribution in [2.24, 2.45) is 23.7 Å². The van der Waals surface area contributed by atoms with Crippen molar-refractivity contribution in [3.63, 3.8) is 0 Å². The number of amides is 1. The fourth-order valence-electron chi connectivity index (χ4n) is 4.53. The lowest BCUT2D eigenvalue weighted by molar-refractivity contribution is -0.123. The molecule has 2 saturated heterocycles. The van der Waals surface area contributed by atoms with Gasteiger partial charge in [-0.2, -0.15) is 0 Å². The average molecular weight is 324 g/mol. The summed E-state index contributed by atoms with van der Waals surface area (Å²) in [5, 5.41) is 6.68. The van der Waals surface area contributed by atoms with Crippen molar-refractivity contribution in [1.82, 2.24) is 15.5 Å². The molecule has 0 aromatic carbocycles. The summed E-state index contributed by atoms with van der Waals surface area (Å²) < 4.78 is 0. The van der Waals surface area contributed by atoms with Crippen LogP contribution in [0.3, 0.4) is 0 Å². The molecule has 2 N–H and O–H groups in total. The zero-order valence-electron chi connectivity index (χ0n) is 15.6. The zero-order chi connectivity index (χ0) is 16.8. The number of piperidine rings is 2. The number of hydrogen-bond acceptors (Lipinski definition) is 3. The Morgan fingerprint density at radius 2 is 1.96 bits per heavy atom. The zero-order valence-corrected chi connectivity index (χ0v) is 15.6. The fraction of sp³-hybridized carbons (Fsp3) is 0.947. The minimum absolute atomic E-state index is 0.230. The molecule has 0 aromatic rings. The lowest BCUT2D eigenvalue weighted by Gasteiger charge is -2.36. The Labute approximate surface area is 142 Å². The van der Waals surface area contributed by atoms with Crippen LogP contribution in [0.25, 0.3) is 0 Å². The maximum Gasteiger partial charge on any atom is 0.220 e. The van der Waals surface area contributed by atoms with Crippen LogP contribution in [0.5, 0.6) is 0 Å². The number of nitrogens with zero attached hydrogens (tertiary/aromatic N) is 1. The molecule has 0 aromatic heterocycles. The monoisotopic (exact) mass is 323 g/mol. The molecule has 0 radical (unpaired) electrons. The standard InChI is InChI=1S/C19H37N3O/c1-14-8-15(2)12-22(11-14)13-17(4)21-19(23)9-16(3)18-6-5-7-20-10-18/h14-18,20H,5-13H2,1-4H3,(H,21,23). The second kappa shape index (κ2) is 9.03. The molecular formula is C19H37N3O. The van der Waals surface area contributed by atoms with Crippen LogP contribution in [-0.2, 0) is 4.79 Å². The highest BCUT2D eigenvalue weighted by atomic mass is 16.1. The van der Waals surface area contributed by atoms with Crippen LogP contribution in [0.4, 0.5) is 0 Å². The molecule has 1 amide bonds. The molecular weight excluding hydrogens is 286 g/mol. The van der Waals surface area contributed by atoms with E-state index in [1.165, 1.54) is 32.4 Å². The minimum Gasteiger partial charge on any atom is -0.352 e. The lowest BCUT2D eigenvalue weighted by Crippen LogP contribution is -2.47. The molecule has 2 aliphatic rings. The van der Waals surface area contributed by atoms with Crippen LogP contribution in [-0.4, -0.2) is 49.6 Å². The quantitative estimate of drug-likeness (QED) is 0.789. The Morgan fingerprint density at radius 3 is 2.57 bits per heavy atom. The molecule has 134 valence electrons. The molecule has 0 bridgehead atoms. The van der Waals surface area contributed by atoms with E-state index in [0.717, 1.165) is 31.5 Å². The third-order valence-electron chi connectivity index (χ3n) is 5.53. The average Bonchev–Trinajstić information content (AvgIpc) is 2.46. The minimum atomic E-state index is 0.230. The van der Waals surface area contributed by atoms with Crippen molar-refractivity contribution >= 4 is 5.91 Å². The van der Waals surface area contributed by atoms with E-state index in [2.05, 4.69) is 43.2 Å². The van der Waals surface area contributed by atoms with Crippen LogP contribution in [0.15, 0.2) is 0 Å². The maximum absolute atomic E-state index is 12.3. The van der Waals surface area contributed by atoms with Crippen molar-refractivity contribution in [3.8, 4) is 0 Å². The Morgan fingerprint density at radius 1 is 1.26 bits per heavy atom. The molecule has 2 aliphatic heterocycles. The predicted molar refractivity (Wildman–Crippen MR) is 96.4 cm³/mol. The number of likely N-dealkylation sites (tertiary alicyclic amines) is 1. The fourth-order valence-corrected chi connectivity index (χ4v) is 4.53. The maximum atomic E-state index is 12.3. The first-order valence-electron chi connectivity index (χ1n) is 9.66. The van der Waals surface area contributed by atoms with E-state index < -0.39 is 0 Å². The molecule has 4 nitrogen and oxygen atoms in total. The van der Waals surface area contributed by atoms with E-state index in [0.29, 0.717) is 18.3 Å². The largest absolute Gasteiger partial charge is 0.352 e. The van der Waals surface area contributed by atoms with Gasteiger partial charge in [-0.25, -0.2) is 0 Å². The lowest BCUT2D eigenvalue weighted by atomic mass is 9.85. The molecule has 0 saturated carbocycles. The van der Waals surface area contributed by atoms with Crippen LogP contribution >= 0.6 is 0 Å². The highest BCUT2D eigenvalue weighted by Gasteiger charge is 2.25. The molecule has 0 aliphatic carbocycles. The van der Waals surface area contributed by atoms with Gasteiger partial charge >= 0.3 is 0 Å². The van der Waals surface area contributed by atoms with Gasteiger partial charge in [-0.1, -0.05) is 20.8 Å². The molecule has 4 heteroatoms. The van der Waals surface area contributed by atoms with Crippen molar-refractivity contribution in [3.05, 3.63) is 0 Å². The first-order valence-corrected chi connectivity index (χ1v) is 9.66. The SMILES string of the molecule is CC1CC(C)CN(CC(C)NC(=O)CC(C)C2CCCNC2)C1. The Bertz CT molecular complexity index is 358. The normalized spacial score (nSPS) is 32.3. The van der Waals surface area contributed by atoms with E-state index in [4.69, 9.17) is 0 Å². The number of carbonyl (C=O) groups is 1. The van der Waals surface area contributed by atoms with E-state index in [1.54, 1.807) is 0 Å². The van der Waals surface area contributed by atoms with Gasteiger partial charge in [0, 0.05) is 32.1 Å². The highest BCUT2D eigenvalue weighted by molar-refractivity contribution is 5.76. The van der Waals surface area contributed by atoms with Crippen LogP contribution in [0.1, 0.15) is 53.4 Å². The van der Waals surface area contributed by atoms with Gasteiger partial charge in [0.05, 0.1) is 0 Å². The third kappa shape index (κ3) is 6.42. The van der Waals surface area contributed by atoms with Crippen molar-refractivity contribution in [1.29, 1.82) is 0 Å². The Balaban J connectivity index is 1.69. The Kier molecular flexibility index (Phi) is 7.35. The highest BCUT2D eigenvalue weighted by Crippen LogP contribution is 2.23. The first kappa shape index (κ1) is 18.7. The van der Waals surface area contributed by atoms with Crippen LogP contribution in [0.2, 0.25) is 0 Å². The second-order valence-corrected chi connectivity index (χ2v) is 8.42. The topological polar surface area (TPSA) is 44.4 Å². The number of rotatable bonds is 6. The summed E-state index contributed by atoms with van der Waals surface area (Å²) in [5.74, 6) is 2.92. The molecule has 23 heavy (non-hydrogen) atoms. The first-order chi connectivity index (χ1) is 10.9. The Hall–Kier alpha value is -0.610. The number of carbonyl (C=O) groups excluding carboxylic acids is 1. The van der Waals surface area contributed by atoms with Gasteiger partial charge in [0.25, 0.3) is 0 Å². The summed E-state index contributed by atoms with van der Waals surface area (Å²) in [6.07, 6.45) is 4.52. The van der Waals surface area contributed by atoms with Crippen molar-refractivity contribution in [2.45, 2.75) is 59.4 Å². The molecule has 0 spiro atoms.